The number of hydrogen-bond acceptors (Lipinski definition) is 2. The number of anilines is 1. The maximum absolute atomic E-state index is 7.67. The van der Waals surface area contributed by atoms with Gasteiger partial charge in [0, 0.05) is 24.3 Å². The molecule has 0 aliphatic heterocycles. The van der Waals surface area contributed by atoms with Crippen LogP contribution in [-0.4, -0.2) is 18.9 Å². The van der Waals surface area contributed by atoms with Crippen LogP contribution in [0.25, 0.3) is 0 Å². The van der Waals surface area contributed by atoms with Crippen molar-refractivity contribution in [3.8, 4) is 0 Å². The van der Waals surface area contributed by atoms with Gasteiger partial charge < -0.3 is 10.6 Å². The Kier molecular flexibility index (Phi) is 6.26. The second-order valence-corrected chi connectivity index (χ2v) is 4.62. The summed E-state index contributed by atoms with van der Waals surface area (Å²) < 4.78 is 0. The second-order valence-electron chi connectivity index (χ2n) is 4.62. The quantitative estimate of drug-likeness (QED) is 0.546. The molecule has 0 aliphatic rings. The van der Waals surface area contributed by atoms with Crippen molar-refractivity contribution < 1.29 is 0 Å². The molecule has 0 saturated carbocycles. The lowest BCUT2D eigenvalue weighted by Gasteiger charge is -2.26. The van der Waals surface area contributed by atoms with Crippen LogP contribution in [-0.2, 0) is 0 Å². The largest absolute Gasteiger partial charge is 0.384 e. The van der Waals surface area contributed by atoms with Crippen LogP contribution in [0.15, 0.2) is 24.3 Å². The van der Waals surface area contributed by atoms with Gasteiger partial charge in [0.15, 0.2) is 0 Å². The molecule has 0 unspecified atom stereocenters. The lowest BCUT2D eigenvalue weighted by Crippen LogP contribution is -2.28. The van der Waals surface area contributed by atoms with E-state index in [1.54, 1.807) is 0 Å². The van der Waals surface area contributed by atoms with Crippen LogP contribution >= 0.6 is 0 Å². The zero-order valence-electron chi connectivity index (χ0n) is 11.6. The Morgan fingerprint density at radius 1 is 1.11 bits per heavy atom. The van der Waals surface area contributed by atoms with Gasteiger partial charge in [-0.15, -0.1) is 0 Å². The Morgan fingerprint density at radius 3 is 2.17 bits per heavy atom. The van der Waals surface area contributed by atoms with Gasteiger partial charge in [-0.3, -0.25) is 5.41 Å². The first kappa shape index (κ1) is 14.6. The van der Waals surface area contributed by atoms with E-state index in [4.69, 9.17) is 11.1 Å². The van der Waals surface area contributed by atoms with Crippen LogP contribution in [0, 0.1) is 5.41 Å². The molecule has 3 N–H and O–H groups in total. The van der Waals surface area contributed by atoms with Crippen LogP contribution < -0.4 is 10.6 Å². The minimum atomic E-state index is 0.156. The van der Waals surface area contributed by atoms with Crippen molar-refractivity contribution in [2.45, 2.75) is 39.5 Å². The lowest BCUT2D eigenvalue weighted by molar-refractivity contribution is 0.677. The van der Waals surface area contributed by atoms with Gasteiger partial charge in [0.2, 0.25) is 0 Å². The average Bonchev–Trinajstić information content (AvgIpc) is 2.39. The van der Waals surface area contributed by atoms with Crippen molar-refractivity contribution in [1.82, 2.24) is 0 Å². The molecule has 0 radical (unpaired) electrons. The molecule has 0 heterocycles. The highest BCUT2D eigenvalue weighted by Crippen LogP contribution is 2.21. The minimum absolute atomic E-state index is 0.156. The number of nitrogens with zero attached hydrogens (tertiary/aromatic N) is 1. The first-order chi connectivity index (χ1) is 8.70. The summed E-state index contributed by atoms with van der Waals surface area (Å²) in [7, 11) is 0. The monoisotopic (exact) mass is 247 g/mol. The summed E-state index contributed by atoms with van der Waals surface area (Å²) in [4.78, 5) is 2.36. The number of nitrogen functional groups attached to an aromatic ring is 1. The van der Waals surface area contributed by atoms with Gasteiger partial charge in [0.25, 0.3) is 0 Å². The summed E-state index contributed by atoms with van der Waals surface area (Å²) in [6.45, 7) is 6.49. The molecule has 0 aromatic heterocycles. The summed E-state index contributed by atoms with van der Waals surface area (Å²) in [5, 5.41) is 7.67. The Labute approximate surface area is 111 Å². The first-order valence-electron chi connectivity index (χ1n) is 6.89. The molecule has 1 aromatic carbocycles. The summed E-state index contributed by atoms with van der Waals surface area (Å²) in [6.07, 6.45) is 4.72. The van der Waals surface area contributed by atoms with E-state index in [-0.39, 0.29) is 5.84 Å². The van der Waals surface area contributed by atoms with E-state index in [1.165, 1.54) is 25.7 Å². The Bertz CT molecular complexity index is 366. The van der Waals surface area contributed by atoms with Gasteiger partial charge in [0.1, 0.15) is 5.84 Å². The van der Waals surface area contributed by atoms with Gasteiger partial charge in [-0.25, -0.2) is 0 Å². The summed E-state index contributed by atoms with van der Waals surface area (Å²) in [5.41, 5.74) is 7.62. The van der Waals surface area contributed by atoms with Crippen LogP contribution in [0.5, 0.6) is 0 Å². The molecular weight excluding hydrogens is 222 g/mol. The van der Waals surface area contributed by atoms with Crippen LogP contribution in [0.3, 0.4) is 0 Å². The molecule has 3 nitrogen and oxygen atoms in total. The van der Waals surface area contributed by atoms with E-state index in [0.717, 1.165) is 24.3 Å². The van der Waals surface area contributed by atoms with Crippen LogP contribution in [0.4, 0.5) is 5.69 Å². The van der Waals surface area contributed by atoms with Crippen molar-refractivity contribution in [2.24, 2.45) is 5.73 Å². The van der Waals surface area contributed by atoms with E-state index < -0.39 is 0 Å². The van der Waals surface area contributed by atoms with Crippen molar-refractivity contribution in [3.05, 3.63) is 29.8 Å². The van der Waals surface area contributed by atoms with Gasteiger partial charge in [-0.2, -0.15) is 0 Å². The van der Waals surface area contributed by atoms with Gasteiger partial charge >= 0.3 is 0 Å². The highest BCUT2D eigenvalue weighted by atomic mass is 15.1. The maximum atomic E-state index is 7.67. The Balaban J connectivity index is 2.92. The molecule has 0 saturated heterocycles. The molecule has 0 bridgehead atoms. The third-order valence-electron chi connectivity index (χ3n) is 3.10. The minimum Gasteiger partial charge on any atom is -0.384 e. The van der Waals surface area contributed by atoms with Gasteiger partial charge in [-0.05, 0) is 25.0 Å². The van der Waals surface area contributed by atoms with E-state index in [2.05, 4.69) is 24.8 Å². The predicted molar refractivity (Wildman–Crippen MR) is 79.5 cm³/mol. The fraction of sp³-hybridized carbons (Fsp3) is 0.533. The number of amidine groups is 1. The van der Waals surface area contributed by atoms with Crippen molar-refractivity contribution in [1.29, 1.82) is 5.41 Å². The van der Waals surface area contributed by atoms with Crippen LogP contribution in [0.2, 0.25) is 0 Å². The molecule has 3 heteroatoms. The lowest BCUT2D eigenvalue weighted by atomic mass is 10.1. The van der Waals surface area contributed by atoms with E-state index in [9.17, 15) is 0 Å². The van der Waals surface area contributed by atoms with E-state index in [1.807, 2.05) is 18.2 Å². The highest BCUT2D eigenvalue weighted by molar-refractivity contribution is 6.00. The van der Waals surface area contributed by atoms with Crippen molar-refractivity contribution in [2.75, 3.05) is 18.0 Å². The summed E-state index contributed by atoms with van der Waals surface area (Å²) in [6, 6.07) is 7.97. The summed E-state index contributed by atoms with van der Waals surface area (Å²) in [5.74, 6) is 0.156. The molecule has 0 amide bonds. The van der Waals surface area contributed by atoms with Gasteiger partial charge in [0.05, 0.1) is 0 Å². The molecule has 1 rings (SSSR count). The number of hydrogen-bond donors (Lipinski definition) is 2. The normalized spacial score (nSPS) is 10.3. The number of rotatable bonds is 8. The molecular formula is C15H25N3. The molecule has 1 aromatic rings. The molecule has 0 atom stereocenters. The Hall–Kier alpha value is -1.51. The van der Waals surface area contributed by atoms with Crippen molar-refractivity contribution in [3.63, 3.8) is 0 Å². The number of unbranched alkanes of at least 4 members (excludes halogenated alkanes) is 2. The van der Waals surface area contributed by atoms with Crippen LogP contribution in [0.1, 0.15) is 45.1 Å². The van der Waals surface area contributed by atoms with E-state index in [0.29, 0.717) is 0 Å². The Morgan fingerprint density at radius 2 is 1.67 bits per heavy atom. The number of nitrogens with two attached hydrogens (primary N) is 1. The third kappa shape index (κ3) is 4.06. The molecule has 0 spiro atoms. The van der Waals surface area contributed by atoms with E-state index >= 15 is 0 Å². The predicted octanol–water partition coefficient (Wildman–Crippen LogP) is 3.38. The second kappa shape index (κ2) is 7.75. The number of nitrogens with one attached hydrogen (secondary N) is 1. The zero-order chi connectivity index (χ0) is 13.4. The SMILES string of the molecule is CCCCN(CCCC)c1ccccc1C(=N)N. The highest BCUT2D eigenvalue weighted by Gasteiger charge is 2.11. The molecule has 18 heavy (non-hydrogen) atoms. The number of benzene rings is 1. The smallest absolute Gasteiger partial charge is 0.124 e. The first-order valence-corrected chi connectivity index (χ1v) is 6.89. The fourth-order valence-corrected chi connectivity index (χ4v) is 2.03. The standard InChI is InChI=1S/C15H25N3/c1-3-5-11-18(12-6-4-2)14-10-8-7-9-13(14)15(16)17/h7-10H,3-6,11-12H2,1-2H3,(H3,16,17). The molecule has 0 fully saturated rings. The average molecular weight is 247 g/mol. The van der Waals surface area contributed by atoms with Gasteiger partial charge in [-0.1, -0.05) is 38.8 Å². The zero-order valence-corrected chi connectivity index (χ0v) is 11.6. The van der Waals surface area contributed by atoms with Crippen molar-refractivity contribution >= 4 is 11.5 Å². The summed E-state index contributed by atoms with van der Waals surface area (Å²) >= 11 is 0. The maximum Gasteiger partial charge on any atom is 0.124 e. The number of para-hydroxylation sites is 1. The third-order valence-corrected chi connectivity index (χ3v) is 3.10. The fourth-order valence-electron chi connectivity index (χ4n) is 2.03. The molecule has 100 valence electrons. The molecule has 0 aliphatic carbocycles. The topological polar surface area (TPSA) is 53.1 Å².